The Hall–Kier alpha value is -0.610. The van der Waals surface area contributed by atoms with Crippen LogP contribution in [0.25, 0.3) is 0 Å². The third kappa shape index (κ3) is 2.42. The maximum absolute atomic E-state index is 11.8. The number of likely N-dealkylation sites (N-methyl/N-ethyl adjacent to an activating group) is 1. The maximum atomic E-state index is 11.8. The van der Waals surface area contributed by atoms with Gasteiger partial charge in [-0.05, 0) is 20.9 Å². The van der Waals surface area contributed by atoms with Crippen molar-refractivity contribution < 1.29 is 9.53 Å². The van der Waals surface area contributed by atoms with E-state index in [1.165, 1.54) is 0 Å². The lowest BCUT2D eigenvalue weighted by molar-refractivity contribution is -0.134. The second-order valence-electron chi connectivity index (χ2n) is 3.54. The predicted octanol–water partition coefficient (Wildman–Crippen LogP) is -0.158. The lowest BCUT2D eigenvalue weighted by Crippen LogP contribution is -2.48. The molecule has 4 nitrogen and oxygen atoms in total. The fourth-order valence-electron chi connectivity index (χ4n) is 1.47. The third-order valence-corrected chi connectivity index (χ3v) is 2.31. The van der Waals surface area contributed by atoms with Gasteiger partial charge in [-0.1, -0.05) is 0 Å². The van der Waals surface area contributed by atoms with E-state index in [2.05, 4.69) is 5.32 Å². The van der Waals surface area contributed by atoms with Crippen LogP contribution >= 0.6 is 0 Å². The molecule has 1 amide bonds. The first-order valence-corrected chi connectivity index (χ1v) is 4.72. The highest BCUT2D eigenvalue weighted by Crippen LogP contribution is 2.06. The number of carbonyl (C=O) groups excluding carboxylic acids is 1. The average Bonchev–Trinajstić information content (AvgIpc) is 2.26. The predicted molar refractivity (Wildman–Crippen MR) is 50.5 cm³/mol. The topological polar surface area (TPSA) is 41.6 Å². The van der Waals surface area contributed by atoms with Gasteiger partial charge in [0.15, 0.2) is 0 Å². The summed E-state index contributed by atoms with van der Waals surface area (Å²) in [6.07, 6.45) is 0. The molecular formula is C9H18N2O2. The molecule has 0 saturated carbocycles. The number of carbonyl (C=O) groups is 1. The number of ether oxygens (including phenoxy) is 1. The first-order chi connectivity index (χ1) is 6.16. The molecule has 76 valence electrons. The van der Waals surface area contributed by atoms with E-state index in [1.807, 2.05) is 18.7 Å². The van der Waals surface area contributed by atoms with E-state index in [9.17, 15) is 4.79 Å². The highest BCUT2D eigenvalue weighted by atomic mass is 16.5. The van der Waals surface area contributed by atoms with Gasteiger partial charge in [-0.2, -0.15) is 0 Å². The maximum Gasteiger partial charge on any atom is 0.242 e. The second-order valence-corrected chi connectivity index (χ2v) is 3.54. The van der Waals surface area contributed by atoms with Crippen LogP contribution in [0.15, 0.2) is 0 Å². The minimum absolute atomic E-state index is 0.148. The van der Waals surface area contributed by atoms with Crippen molar-refractivity contribution >= 4 is 5.91 Å². The van der Waals surface area contributed by atoms with Crippen LogP contribution in [0.2, 0.25) is 0 Å². The summed E-state index contributed by atoms with van der Waals surface area (Å²) in [5, 5.41) is 2.96. The molecule has 1 saturated heterocycles. The fourth-order valence-corrected chi connectivity index (χ4v) is 1.47. The van der Waals surface area contributed by atoms with Crippen molar-refractivity contribution in [1.82, 2.24) is 10.2 Å². The van der Waals surface area contributed by atoms with E-state index in [-0.39, 0.29) is 18.0 Å². The Labute approximate surface area is 79.2 Å². The molecule has 0 radical (unpaired) electrons. The van der Waals surface area contributed by atoms with Gasteiger partial charge in [-0.3, -0.25) is 4.79 Å². The Morgan fingerprint density at radius 1 is 1.62 bits per heavy atom. The molecule has 0 aromatic rings. The molecule has 0 aliphatic carbocycles. The highest BCUT2D eigenvalue weighted by molar-refractivity contribution is 5.82. The minimum atomic E-state index is -0.176. The van der Waals surface area contributed by atoms with Crippen molar-refractivity contribution in [2.45, 2.75) is 25.9 Å². The molecular weight excluding hydrogens is 168 g/mol. The van der Waals surface area contributed by atoms with Crippen molar-refractivity contribution in [2.24, 2.45) is 0 Å². The van der Waals surface area contributed by atoms with Gasteiger partial charge in [0.05, 0.1) is 13.2 Å². The molecule has 1 unspecified atom stereocenters. The number of hydrogen-bond acceptors (Lipinski definition) is 3. The molecule has 0 bridgehead atoms. The number of nitrogens with zero attached hydrogens (tertiary/aromatic N) is 1. The van der Waals surface area contributed by atoms with Gasteiger partial charge in [0, 0.05) is 12.6 Å². The SMILES string of the molecule is CNC1COCCN(C(C)C)C1=O. The fraction of sp³-hybridized carbons (Fsp3) is 0.889. The number of nitrogens with one attached hydrogen (secondary N) is 1. The lowest BCUT2D eigenvalue weighted by Gasteiger charge is -2.26. The van der Waals surface area contributed by atoms with Gasteiger partial charge in [-0.25, -0.2) is 0 Å². The molecule has 1 N–H and O–H groups in total. The van der Waals surface area contributed by atoms with Gasteiger partial charge in [0.25, 0.3) is 0 Å². The molecule has 1 heterocycles. The zero-order valence-electron chi connectivity index (χ0n) is 8.54. The Balaban J connectivity index is 2.67. The van der Waals surface area contributed by atoms with Crippen LogP contribution in [0.5, 0.6) is 0 Å². The van der Waals surface area contributed by atoms with Crippen LogP contribution in [-0.4, -0.2) is 49.7 Å². The summed E-state index contributed by atoms with van der Waals surface area (Å²) in [5.41, 5.74) is 0. The first-order valence-electron chi connectivity index (χ1n) is 4.72. The van der Waals surface area contributed by atoms with Crippen LogP contribution in [0.1, 0.15) is 13.8 Å². The van der Waals surface area contributed by atoms with Crippen LogP contribution in [-0.2, 0) is 9.53 Å². The summed E-state index contributed by atoms with van der Waals surface area (Å²) in [4.78, 5) is 13.7. The van der Waals surface area contributed by atoms with E-state index < -0.39 is 0 Å². The quantitative estimate of drug-likeness (QED) is 0.651. The lowest BCUT2D eigenvalue weighted by atomic mass is 10.2. The molecule has 0 spiro atoms. The molecule has 1 fully saturated rings. The molecule has 1 aliphatic heterocycles. The summed E-state index contributed by atoms with van der Waals surface area (Å²) in [6.45, 7) is 5.88. The van der Waals surface area contributed by atoms with E-state index in [4.69, 9.17) is 4.74 Å². The van der Waals surface area contributed by atoms with E-state index >= 15 is 0 Å². The van der Waals surface area contributed by atoms with Crippen molar-refractivity contribution in [1.29, 1.82) is 0 Å². The Morgan fingerprint density at radius 3 is 2.85 bits per heavy atom. The second kappa shape index (κ2) is 4.58. The van der Waals surface area contributed by atoms with Crippen LogP contribution in [0.3, 0.4) is 0 Å². The smallest absolute Gasteiger partial charge is 0.242 e. The largest absolute Gasteiger partial charge is 0.377 e. The Kier molecular flexibility index (Phi) is 3.69. The van der Waals surface area contributed by atoms with Crippen LogP contribution < -0.4 is 5.32 Å². The average molecular weight is 186 g/mol. The highest BCUT2D eigenvalue weighted by Gasteiger charge is 2.27. The molecule has 1 atom stereocenters. The summed E-state index contributed by atoms with van der Waals surface area (Å²) in [7, 11) is 1.79. The molecule has 1 aliphatic rings. The molecule has 13 heavy (non-hydrogen) atoms. The Morgan fingerprint density at radius 2 is 2.31 bits per heavy atom. The van der Waals surface area contributed by atoms with Gasteiger partial charge >= 0.3 is 0 Å². The number of hydrogen-bond donors (Lipinski definition) is 1. The van der Waals surface area contributed by atoms with Crippen LogP contribution in [0, 0.1) is 0 Å². The van der Waals surface area contributed by atoms with Crippen molar-refractivity contribution in [3.8, 4) is 0 Å². The number of rotatable bonds is 2. The normalized spacial score (nSPS) is 25.1. The van der Waals surface area contributed by atoms with Gasteiger partial charge < -0.3 is 15.0 Å². The third-order valence-electron chi connectivity index (χ3n) is 2.31. The van der Waals surface area contributed by atoms with Crippen LogP contribution in [0.4, 0.5) is 0 Å². The van der Waals surface area contributed by atoms with Gasteiger partial charge in [-0.15, -0.1) is 0 Å². The number of amides is 1. The summed E-state index contributed by atoms with van der Waals surface area (Å²) in [6, 6.07) is 0.0787. The van der Waals surface area contributed by atoms with E-state index in [0.29, 0.717) is 19.8 Å². The molecule has 0 aromatic carbocycles. The monoisotopic (exact) mass is 186 g/mol. The summed E-state index contributed by atoms with van der Waals surface area (Å²) in [5.74, 6) is 0.148. The Bertz CT molecular complexity index is 182. The van der Waals surface area contributed by atoms with Crippen molar-refractivity contribution in [2.75, 3.05) is 26.8 Å². The molecule has 4 heteroatoms. The van der Waals surface area contributed by atoms with Crippen molar-refractivity contribution in [3.63, 3.8) is 0 Å². The minimum Gasteiger partial charge on any atom is -0.377 e. The van der Waals surface area contributed by atoms with Gasteiger partial charge in [0.2, 0.25) is 5.91 Å². The summed E-state index contributed by atoms with van der Waals surface area (Å²) >= 11 is 0. The first kappa shape index (κ1) is 10.5. The summed E-state index contributed by atoms with van der Waals surface area (Å²) < 4.78 is 5.32. The van der Waals surface area contributed by atoms with E-state index in [1.54, 1.807) is 7.05 Å². The van der Waals surface area contributed by atoms with Crippen molar-refractivity contribution in [3.05, 3.63) is 0 Å². The molecule has 0 aromatic heterocycles. The van der Waals surface area contributed by atoms with Gasteiger partial charge in [0.1, 0.15) is 6.04 Å². The standard InChI is InChI=1S/C9H18N2O2/c1-7(2)11-4-5-13-6-8(10-3)9(11)12/h7-8,10H,4-6H2,1-3H3. The molecule has 1 rings (SSSR count). The van der Waals surface area contributed by atoms with E-state index in [0.717, 1.165) is 0 Å². The zero-order chi connectivity index (χ0) is 9.84. The zero-order valence-corrected chi connectivity index (χ0v) is 8.54.